The number of nitrogens with zero attached hydrogens (tertiary/aromatic N) is 2. The summed E-state index contributed by atoms with van der Waals surface area (Å²) in [5.41, 5.74) is 4.56. The molecule has 126 valence electrons. The minimum atomic E-state index is 0.226. The zero-order valence-corrected chi connectivity index (χ0v) is 15.0. The smallest absolute Gasteiger partial charge is 0.236 e. The molecule has 2 aromatic rings. The number of likely N-dealkylation sites (tertiary alicyclic amines) is 1. The maximum absolute atomic E-state index is 12.6. The van der Waals surface area contributed by atoms with Crippen LogP contribution in [-0.4, -0.2) is 42.4 Å². The molecule has 2 heterocycles. The van der Waals surface area contributed by atoms with E-state index >= 15 is 0 Å². The molecule has 2 aliphatic rings. The van der Waals surface area contributed by atoms with Crippen molar-refractivity contribution in [3.8, 4) is 0 Å². The highest BCUT2D eigenvalue weighted by molar-refractivity contribution is 7.07. The third-order valence-electron chi connectivity index (χ3n) is 5.68. The van der Waals surface area contributed by atoms with Crippen LogP contribution < -0.4 is 0 Å². The zero-order chi connectivity index (χ0) is 16.6. The van der Waals surface area contributed by atoms with Gasteiger partial charge in [-0.1, -0.05) is 24.3 Å². The number of benzene rings is 1. The molecule has 1 aromatic carbocycles. The molecule has 1 aromatic heterocycles. The van der Waals surface area contributed by atoms with Crippen molar-refractivity contribution in [2.75, 3.05) is 26.7 Å². The number of likely N-dealkylation sites (N-methyl/N-ethyl adjacent to an activating group) is 1. The monoisotopic (exact) mass is 340 g/mol. The SMILES string of the molecule is CN(Cc1ccsc1)C(=O)CN1CCC2(CCc3ccccc32)C1. The Morgan fingerprint density at radius 1 is 1.29 bits per heavy atom. The zero-order valence-electron chi connectivity index (χ0n) is 14.2. The van der Waals surface area contributed by atoms with Gasteiger partial charge in [0.25, 0.3) is 0 Å². The predicted octanol–water partition coefficient (Wildman–Crippen LogP) is 3.30. The average Bonchev–Trinajstić information content (AvgIpc) is 3.31. The second-order valence-corrected chi connectivity index (χ2v) is 8.06. The molecular formula is C20H24N2OS. The van der Waals surface area contributed by atoms with E-state index in [0.29, 0.717) is 18.5 Å². The minimum Gasteiger partial charge on any atom is -0.340 e. The van der Waals surface area contributed by atoms with E-state index in [1.165, 1.54) is 36.0 Å². The summed E-state index contributed by atoms with van der Waals surface area (Å²) in [5.74, 6) is 0.226. The van der Waals surface area contributed by atoms with Crippen LogP contribution in [0.5, 0.6) is 0 Å². The predicted molar refractivity (Wildman–Crippen MR) is 98.3 cm³/mol. The molecule has 1 aliphatic heterocycles. The summed E-state index contributed by atoms with van der Waals surface area (Å²) in [7, 11) is 1.91. The fourth-order valence-corrected chi connectivity index (χ4v) is 5.00. The van der Waals surface area contributed by atoms with Crippen LogP contribution in [0.15, 0.2) is 41.1 Å². The van der Waals surface area contributed by atoms with Gasteiger partial charge in [0.1, 0.15) is 0 Å². The van der Waals surface area contributed by atoms with Gasteiger partial charge in [-0.05, 0) is 59.3 Å². The maximum Gasteiger partial charge on any atom is 0.236 e. The molecule has 1 unspecified atom stereocenters. The van der Waals surface area contributed by atoms with Crippen molar-refractivity contribution in [2.24, 2.45) is 0 Å². The Bertz CT molecular complexity index is 727. The van der Waals surface area contributed by atoms with Crippen LogP contribution in [0.4, 0.5) is 0 Å². The first-order valence-corrected chi connectivity index (χ1v) is 9.66. The summed E-state index contributed by atoms with van der Waals surface area (Å²) in [6.07, 6.45) is 3.61. The normalized spacial score (nSPS) is 22.9. The van der Waals surface area contributed by atoms with Crippen LogP contribution in [0.2, 0.25) is 0 Å². The van der Waals surface area contributed by atoms with E-state index in [1.54, 1.807) is 11.3 Å². The Morgan fingerprint density at radius 3 is 3.00 bits per heavy atom. The third kappa shape index (κ3) is 2.89. The summed E-state index contributed by atoms with van der Waals surface area (Å²) in [6.45, 7) is 3.32. The topological polar surface area (TPSA) is 23.6 Å². The Hall–Kier alpha value is -1.65. The highest BCUT2D eigenvalue weighted by Crippen LogP contribution is 2.45. The fourth-order valence-electron chi connectivity index (χ4n) is 4.34. The molecule has 1 atom stereocenters. The largest absolute Gasteiger partial charge is 0.340 e. The van der Waals surface area contributed by atoms with E-state index in [9.17, 15) is 4.79 Å². The van der Waals surface area contributed by atoms with Crippen molar-refractivity contribution in [1.82, 2.24) is 9.80 Å². The number of hydrogen-bond acceptors (Lipinski definition) is 3. The Balaban J connectivity index is 1.38. The molecule has 24 heavy (non-hydrogen) atoms. The second kappa shape index (κ2) is 6.34. The first kappa shape index (κ1) is 15.9. The number of rotatable bonds is 4. The number of carbonyl (C=O) groups excluding carboxylic acids is 1. The van der Waals surface area contributed by atoms with Gasteiger partial charge < -0.3 is 4.90 Å². The lowest BCUT2D eigenvalue weighted by molar-refractivity contribution is -0.131. The molecule has 3 nitrogen and oxygen atoms in total. The van der Waals surface area contributed by atoms with Crippen LogP contribution >= 0.6 is 11.3 Å². The van der Waals surface area contributed by atoms with Gasteiger partial charge in [0.05, 0.1) is 6.54 Å². The second-order valence-electron chi connectivity index (χ2n) is 7.28. The minimum absolute atomic E-state index is 0.226. The van der Waals surface area contributed by atoms with Crippen LogP contribution in [0, 0.1) is 0 Å². The lowest BCUT2D eigenvalue weighted by Crippen LogP contribution is -2.38. The van der Waals surface area contributed by atoms with Gasteiger partial charge >= 0.3 is 0 Å². The Labute approximate surface area is 147 Å². The van der Waals surface area contributed by atoms with E-state index in [1.807, 2.05) is 11.9 Å². The first-order chi connectivity index (χ1) is 11.7. The summed E-state index contributed by atoms with van der Waals surface area (Å²) in [6, 6.07) is 11.0. The third-order valence-corrected chi connectivity index (χ3v) is 6.41. The van der Waals surface area contributed by atoms with E-state index < -0.39 is 0 Å². The fraction of sp³-hybridized carbons (Fsp3) is 0.450. The summed E-state index contributed by atoms with van der Waals surface area (Å²) < 4.78 is 0. The first-order valence-electron chi connectivity index (χ1n) is 8.72. The van der Waals surface area contributed by atoms with Crippen LogP contribution in [0.25, 0.3) is 0 Å². The Kier molecular flexibility index (Phi) is 4.19. The lowest BCUT2D eigenvalue weighted by atomic mass is 9.81. The van der Waals surface area contributed by atoms with Gasteiger partial charge in [0.2, 0.25) is 5.91 Å². The molecule has 1 spiro atoms. The summed E-state index contributed by atoms with van der Waals surface area (Å²) in [5, 5.41) is 4.18. The van der Waals surface area contributed by atoms with Gasteiger partial charge in [0.15, 0.2) is 0 Å². The molecule has 0 radical (unpaired) electrons. The number of hydrogen-bond donors (Lipinski definition) is 0. The molecule has 0 saturated carbocycles. The molecule has 1 fully saturated rings. The van der Waals surface area contributed by atoms with Crippen LogP contribution in [-0.2, 0) is 23.2 Å². The van der Waals surface area contributed by atoms with Crippen molar-refractivity contribution in [2.45, 2.75) is 31.2 Å². The van der Waals surface area contributed by atoms with E-state index in [2.05, 4.69) is 46.0 Å². The van der Waals surface area contributed by atoms with Crippen LogP contribution in [0.1, 0.15) is 29.5 Å². The lowest BCUT2D eigenvalue weighted by Gasteiger charge is -2.26. The van der Waals surface area contributed by atoms with Gasteiger partial charge in [-0.15, -0.1) is 0 Å². The molecule has 1 amide bonds. The van der Waals surface area contributed by atoms with Crippen molar-refractivity contribution in [3.05, 3.63) is 57.8 Å². The standard InChI is InChI=1S/C20H24N2OS/c1-21(12-16-7-11-24-14-16)19(23)13-22-10-9-20(15-22)8-6-17-4-2-3-5-18(17)20/h2-5,7,11,14H,6,8-10,12-13,15H2,1H3. The molecule has 1 saturated heterocycles. The van der Waals surface area contributed by atoms with Crippen molar-refractivity contribution < 1.29 is 4.79 Å². The van der Waals surface area contributed by atoms with E-state index in [0.717, 1.165) is 13.1 Å². The van der Waals surface area contributed by atoms with Crippen LogP contribution in [0.3, 0.4) is 0 Å². The maximum atomic E-state index is 12.6. The molecule has 0 N–H and O–H groups in total. The number of fused-ring (bicyclic) bond motifs is 2. The highest BCUT2D eigenvalue weighted by atomic mass is 32.1. The molecule has 4 rings (SSSR count). The van der Waals surface area contributed by atoms with E-state index in [4.69, 9.17) is 0 Å². The van der Waals surface area contributed by atoms with E-state index in [-0.39, 0.29) is 5.91 Å². The summed E-state index contributed by atoms with van der Waals surface area (Å²) in [4.78, 5) is 16.8. The average molecular weight is 340 g/mol. The number of aryl methyl sites for hydroxylation is 1. The molecule has 0 bridgehead atoms. The van der Waals surface area contributed by atoms with Gasteiger partial charge in [-0.2, -0.15) is 11.3 Å². The van der Waals surface area contributed by atoms with Gasteiger partial charge in [-0.25, -0.2) is 0 Å². The van der Waals surface area contributed by atoms with Crippen molar-refractivity contribution >= 4 is 17.2 Å². The summed E-state index contributed by atoms with van der Waals surface area (Å²) >= 11 is 1.68. The molecule has 4 heteroatoms. The van der Waals surface area contributed by atoms with Gasteiger partial charge in [0, 0.05) is 25.6 Å². The van der Waals surface area contributed by atoms with Gasteiger partial charge in [-0.3, -0.25) is 9.69 Å². The number of carbonyl (C=O) groups is 1. The molecule has 1 aliphatic carbocycles. The quantitative estimate of drug-likeness (QED) is 0.853. The number of amides is 1. The Morgan fingerprint density at radius 2 is 2.17 bits per heavy atom. The van der Waals surface area contributed by atoms with Crippen molar-refractivity contribution in [3.63, 3.8) is 0 Å². The molecular weight excluding hydrogens is 316 g/mol. The number of thiophene rings is 1. The van der Waals surface area contributed by atoms with Crippen molar-refractivity contribution in [1.29, 1.82) is 0 Å². The highest BCUT2D eigenvalue weighted by Gasteiger charge is 2.44.